The van der Waals surface area contributed by atoms with Gasteiger partial charge in [0.15, 0.2) is 11.5 Å². The molecule has 3 heteroatoms. The van der Waals surface area contributed by atoms with E-state index in [0.29, 0.717) is 6.61 Å². The predicted molar refractivity (Wildman–Crippen MR) is 87.3 cm³/mol. The molecule has 0 aliphatic heterocycles. The monoisotopic (exact) mass is 283 g/mol. The van der Waals surface area contributed by atoms with Crippen molar-refractivity contribution in [2.75, 3.05) is 13.7 Å². The molecular formula is C18H21NO2. The summed E-state index contributed by atoms with van der Waals surface area (Å²) >= 11 is 0. The normalized spacial score (nSPS) is 10.9. The van der Waals surface area contributed by atoms with Gasteiger partial charge in [0.05, 0.1) is 19.4 Å². The molecule has 0 saturated heterocycles. The molecule has 0 radical (unpaired) electrons. The van der Waals surface area contributed by atoms with Gasteiger partial charge in [-0.2, -0.15) is 0 Å². The highest BCUT2D eigenvalue weighted by Gasteiger charge is 2.04. The second-order valence-electron chi connectivity index (χ2n) is 4.87. The lowest BCUT2D eigenvalue weighted by Crippen LogP contribution is -1.96. The molecule has 0 heterocycles. The zero-order valence-electron chi connectivity index (χ0n) is 13.0. The standard InChI is InChI=1S/C18H21NO2/c1-5-21-18-11-15(7-9-17(18)20-4)12-19-16-8-6-13(2)14(3)10-16/h6-12H,5H2,1-4H3. The van der Waals surface area contributed by atoms with Crippen molar-refractivity contribution in [2.45, 2.75) is 20.8 Å². The lowest BCUT2D eigenvalue weighted by atomic mass is 10.1. The lowest BCUT2D eigenvalue weighted by molar-refractivity contribution is 0.311. The summed E-state index contributed by atoms with van der Waals surface area (Å²) in [7, 11) is 1.64. The van der Waals surface area contributed by atoms with Crippen LogP contribution in [-0.2, 0) is 0 Å². The first-order valence-corrected chi connectivity index (χ1v) is 7.06. The Morgan fingerprint density at radius 2 is 1.81 bits per heavy atom. The van der Waals surface area contributed by atoms with Crippen LogP contribution in [0.1, 0.15) is 23.6 Å². The summed E-state index contributed by atoms with van der Waals surface area (Å²) in [5.41, 5.74) is 4.45. The van der Waals surface area contributed by atoms with Crippen LogP contribution < -0.4 is 9.47 Å². The zero-order chi connectivity index (χ0) is 15.2. The molecule has 21 heavy (non-hydrogen) atoms. The van der Waals surface area contributed by atoms with E-state index in [0.717, 1.165) is 22.7 Å². The van der Waals surface area contributed by atoms with Gasteiger partial charge >= 0.3 is 0 Å². The number of aliphatic imine (C=N–C) groups is 1. The van der Waals surface area contributed by atoms with Crippen LogP contribution in [0, 0.1) is 13.8 Å². The molecule has 110 valence electrons. The van der Waals surface area contributed by atoms with Crippen LogP contribution in [0.3, 0.4) is 0 Å². The number of methoxy groups -OCH3 is 1. The Labute approximate surface area is 126 Å². The fourth-order valence-corrected chi connectivity index (χ4v) is 2.00. The highest BCUT2D eigenvalue weighted by molar-refractivity contribution is 5.83. The van der Waals surface area contributed by atoms with Gasteiger partial charge in [0.1, 0.15) is 0 Å². The minimum atomic E-state index is 0.605. The first kappa shape index (κ1) is 15.1. The van der Waals surface area contributed by atoms with E-state index >= 15 is 0 Å². The number of rotatable bonds is 5. The second kappa shape index (κ2) is 6.93. The predicted octanol–water partition coefficient (Wildman–Crippen LogP) is 4.46. The van der Waals surface area contributed by atoms with Gasteiger partial charge in [-0.25, -0.2) is 0 Å². The third-order valence-corrected chi connectivity index (χ3v) is 3.34. The van der Waals surface area contributed by atoms with Crippen LogP contribution in [0.5, 0.6) is 11.5 Å². The molecule has 0 aliphatic rings. The number of hydrogen-bond donors (Lipinski definition) is 0. The van der Waals surface area contributed by atoms with Crippen molar-refractivity contribution in [1.82, 2.24) is 0 Å². The maximum absolute atomic E-state index is 5.57. The number of benzene rings is 2. The molecule has 0 fully saturated rings. The fraction of sp³-hybridized carbons (Fsp3) is 0.278. The van der Waals surface area contributed by atoms with Gasteiger partial charge in [-0.3, -0.25) is 4.99 Å². The second-order valence-corrected chi connectivity index (χ2v) is 4.87. The molecule has 0 bridgehead atoms. The first-order chi connectivity index (χ1) is 10.1. The van der Waals surface area contributed by atoms with Crippen molar-refractivity contribution in [3.05, 3.63) is 53.1 Å². The molecule has 0 spiro atoms. The van der Waals surface area contributed by atoms with E-state index in [2.05, 4.69) is 31.0 Å². The Bertz CT molecular complexity index is 648. The van der Waals surface area contributed by atoms with Crippen molar-refractivity contribution in [3.8, 4) is 11.5 Å². The number of nitrogens with zero attached hydrogens (tertiary/aromatic N) is 1. The topological polar surface area (TPSA) is 30.8 Å². The van der Waals surface area contributed by atoms with Crippen molar-refractivity contribution in [3.63, 3.8) is 0 Å². The molecule has 0 atom stereocenters. The van der Waals surface area contributed by atoms with Gasteiger partial charge < -0.3 is 9.47 Å². The Morgan fingerprint density at radius 3 is 2.48 bits per heavy atom. The van der Waals surface area contributed by atoms with Crippen molar-refractivity contribution < 1.29 is 9.47 Å². The molecule has 0 amide bonds. The molecule has 0 saturated carbocycles. The van der Waals surface area contributed by atoms with Crippen molar-refractivity contribution >= 4 is 11.9 Å². The van der Waals surface area contributed by atoms with E-state index in [4.69, 9.17) is 9.47 Å². The summed E-state index contributed by atoms with van der Waals surface area (Å²) in [6.07, 6.45) is 1.84. The maximum atomic E-state index is 5.57. The van der Waals surface area contributed by atoms with E-state index in [1.807, 2.05) is 37.4 Å². The number of aryl methyl sites for hydroxylation is 2. The molecule has 2 aromatic carbocycles. The minimum absolute atomic E-state index is 0.605. The molecule has 0 aliphatic carbocycles. The summed E-state index contributed by atoms with van der Waals surface area (Å²) < 4.78 is 10.8. The fourth-order valence-electron chi connectivity index (χ4n) is 2.00. The average Bonchev–Trinajstić information content (AvgIpc) is 2.49. The van der Waals surface area contributed by atoms with Crippen molar-refractivity contribution in [1.29, 1.82) is 0 Å². The van der Waals surface area contributed by atoms with Crippen LogP contribution in [0.4, 0.5) is 5.69 Å². The first-order valence-electron chi connectivity index (χ1n) is 7.06. The summed E-state index contributed by atoms with van der Waals surface area (Å²) in [6.45, 7) is 6.75. The van der Waals surface area contributed by atoms with Crippen LogP contribution >= 0.6 is 0 Å². The summed E-state index contributed by atoms with van der Waals surface area (Å²) in [5, 5.41) is 0. The summed E-state index contributed by atoms with van der Waals surface area (Å²) in [4.78, 5) is 4.51. The highest BCUT2D eigenvalue weighted by Crippen LogP contribution is 2.27. The van der Waals surface area contributed by atoms with Crippen LogP contribution in [-0.4, -0.2) is 19.9 Å². The minimum Gasteiger partial charge on any atom is -0.493 e. The summed E-state index contributed by atoms with van der Waals surface area (Å²) in [6, 6.07) is 12.0. The van der Waals surface area contributed by atoms with E-state index in [1.54, 1.807) is 7.11 Å². The van der Waals surface area contributed by atoms with Gasteiger partial charge in [0.25, 0.3) is 0 Å². The smallest absolute Gasteiger partial charge is 0.161 e. The average molecular weight is 283 g/mol. The van der Waals surface area contributed by atoms with E-state index in [9.17, 15) is 0 Å². The maximum Gasteiger partial charge on any atom is 0.161 e. The van der Waals surface area contributed by atoms with Gasteiger partial charge in [-0.1, -0.05) is 6.07 Å². The Balaban J connectivity index is 2.23. The molecule has 0 unspecified atom stereocenters. The van der Waals surface area contributed by atoms with Crippen LogP contribution in [0.15, 0.2) is 41.4 Å². The van der Waals surface area contributed by atoms with Crippen LogP contribution in [0.2, 0.25) is 0 Å². The van der Waals surface area contributed by atoms with Gasteiger partial charge in [0.2, 0.25) is 0 Å². The zero-order valence-corrected chi connectivity index (χ0v) is 13.0. The number of ether oxygens (including phenoxy) is 2. The van der Waals surface area contributed by atoms with Gasteiger partial charge in [-0.05, 0) is 67.8 Å². The quantitative estimate of drug-likeness (QED) is 0.758. The van der Waals surface area contributed by atoms with Gasteiger partial charge in [0, 0.05) is 6.21 Å². The molecular weight excluding hydrogens is 262 g/mol. The van der Waals surface area contributed by atoms with Crippen LogP contribution in [0.25, 0.3) is 0 Å². The van der Waals surface area contributed by atoms with E-state index in [-0.39, 0.29) is 0 Å². The number of hydrogen-bond acceptors (Lipinski definition) is 3. The highest BCUT2D eigenvalue weighted by atomic mass is 16.5. The van der Waals surface area contributed by atoms with Gasteiger partial charge in [-0.15, -0.1) is 0 Å². The Morgan fingerprint density at radius 1 is 1.00 bits per heavy atom. The van der Waals surface area contributed by atoms with Crippen molar-refractivity contribution in [2.24, 2.45) is 4.99 Å². The molecule has 2 rings (SSSR count). The Kier molecular flexibility index (Phi) is 4.99. The molecule has 2 aromatic rings. The molecule has 0 aromatic heterocycles. The third-order valence-electron chi connectivity index (χ3n) is 3.34. The lowest BCUT2D eigenvalue weighted by Gasteiger charge is -2.09. The molecule has 3 nitrogen and oxygen atoms in total. The largest absolute Gasteiger partial charge is 0.493 e. The van der Waals surface area contributed by atoms with E-state index in [1.165, 1.54) is 11.1 Å². The SMILES string of the molecule is CCOc1cc(C=Nc2ccc(C)c(C)c2)ccc1OC. The molecule has 0 N–H and O–H groups in total. The van der Waals surface area contributed by atoms with E-state index < -0.39 is 0 Å². The third kappa shape index (κ3) is 3.85. The summed E-state index contributed by atoms with van der Waals surface area (Å²) in [5.74, 6) is 1.48. The Hall–Kier alpha value is -2.29.